The zero-order valence-corrected chi connectivity index (χ0v) is 13.2. The van der Waals surface area contributed by atoms with E-state index in [1.807, 2.05) is 24.3 Å². The molecule has 0 aromatic heterocycles. The smallest absolute Gasteiger partial charge is 0.303 e. The van der Waals surface area contributed by atoms with E-state index in [1.54, 1.807) is 7.11 Å². The molecule has 21 heavy (non-hydrogen) atoms. The zero-order chi connectivity index (χ0) is 15.5. The van der Waals surface area contributed by atoms with Crippen molar-refractivity contribution < 1.29 is 14.6 Å². The predicted octanol–water partition coefficient (Wildman–Crippen LogP) is 3.95. The Morgan fingerprint density at radius 3 is 2.33 bits per heavy atom. The second-order valence-electron chi connectivity index (χ2n) is 5.24. The van der Waals surface area contributed by atoms with Gasteiger partial charge in [-0.25, -0.2) is 0 Å². The monoisotopic (exact) mass is 293 g/mol. The predicted molar refractivity (Wildman–Crippen MR) is 86.2 cm³/mol. The van der Waals surface area contributed by atoms with Crippen molar-refractivity contribution in [3.63, 3.8) is 0 Å². The molecule has 0 spiro atoms. The molecule has 0 saturated carbocycles. The third-order valence-corrected chi connectivity index (χ3v) is 3.54. The third kappa shape index (κ3) is 7.02. The summed E-state index contributed by atoms with van der Waals surface area (Å²) in [5, 5.41) is 8.78. The van der Waals surface area contributed by atoms with Crippen molar-refractivity contribution in [2.45, 2.75) is 45.4 Å². The zero-order valence-electron chi connectivity index (χ0n) is 13.2. The number of carboxylic acid groups (broad SMARTS) is 1. The van der Waals surface area contributed by atoms with Crippen LogP contribution in [-0.4, -0.2) is 31.3 Å². The summed E-state index contributed by atoms with van der Waals surface area (Å²) in [7, 11) is 1.66. The van der Waals surface area contributed by atoms with Crippen LogP contribution in [0.25, 0.3) is 0 Å². The highest BCUT2D eigenvalue weighted by Crippen LogP contribution is 2.20. The van der Waals surface area contributed by atoms with Gasteiger partial charge < -0.3 is 14.7 Å². The van der Waals surface area contributed by atoms with E-state index in [1.165, 1.54) is 19.3 Å². The number of anilines is 1. The minimum atomic E-state index is -0.726. The second-order valence-corrected chi connectivity index (χ2v) is 5.24. The Bertz CT molecular complexity index is 403. The fourth-order valence-electron chi connectivity index (χ4n) is 2.31. The first-order chi connectivity index (χ1) is 10.2. The van der Waals surface area contributed by atoms with Crippen LogP contribution >= 0.6 is 0 Å². The van der Waals surface area contributed by atoms with E-state index in [0.717, 1.165) is 30.9 Å². The highest BCUT2D eigenvalue weighted by molar-refractivity contribution is 5.66. The maximum atomic E-state index is 10.7. The number of ether oxygens (including phenoxy) is 1. The average Bonchev–Trinajstić information content (AvgIpc) is 2.49. The Balaban J connectivity index is 2.57. The van der Waals surface area contributed by atoms with Gasteiger partial charge in [-0.15, -0.1) is 0 Å². The van der Waals surface area contributed by atoms with Crippen molar-refractivity contribution in [1.29, 1.82) is 0 Å². The van der Waals surface area contributed by atoms with Gasteiger partial charge in [-0.1, -0.05) is 26.2 Å². The SMILES string of the molecule is CCCCCCN(CCCC(=O)O)c1ccc(OC)cc1. The van der Waals surface area contributed by atoms with E-state index in [4.69, 9.17) is 9.84 Å². The van der Waals surface area contributed by atoms with Crippen LogP contribution in [0.2, 0.25) is 0 Å². The number of hydrogen-bond acceptors (Lipinski definition) is 3. The summed E-state index contributed by atoms with van der Waals surface area (Å²) in [6.07, 6.45) is 5.75. The average molecular weight is 293 g/mol. The molecule has 0 bridgehead atoms. The number of benzene rings is 1. The van der Waals surface area contributed by atoms with E-state index in [0.29, 0.717) is 6.42 Å². The molecule has 0 radical (unpaired) electrons. The van der Waals surface area contributed by atoms with Gasteiger partial charge >= 0.3 is 5.97 Å². The lowest BCUT2D eigenvalue weighted by Crippen LogP contribution is -2.26. The Hall–Kier alpha value is -1.71. The van der Waals surface area contributed by atoms with Gasteiger partial charge in [-0.05, 0) is 37.1 Å². The Kier molecular flexibility index (Phi) is 8.32. The highest BCUT2D eigenvalue weighted by atomic mass is 16.5. The third-order valence-electron chi connectivity index (χ3n) is 3.54. The van der Waals surface area contributed by atoms with Crippen LogP contribution in [0.3, 0.4) is 0 Å². The van der Waals surface area contributed by atoms with Crippen LogP contribution in [0.15, 0.2) is 24.3 Å². The molecule has 118 valence electrons. The minimum absolute atomic E-state index is 0.224. The summed E-state index contributed by atoms with van der Waals surface area (Å²) in [6.45, 7) is 3.96. The number of carboxylic acids is 1. The molecule has 0 fully saturated rings. The van der Waals surface area contributed by atoms with Gasteiger partial charge in [0.25, 0.3) is 0 Å². The summed E-state index contributed by atoms with van der Waals surface area (Å²) >= 11 is 0. The van der Waals surface area contributed by atoms with Crippen molar-refractivity contribution in [1.82, 2.24) is 0 Å². The van der Waals surface area contributed by atoms with Gasteiger partial charge in [-0.2, -0.15) is 0 Å². The molecule has 1 aromatic rings. The Labute approximate surface area is 127 Å². The number of rotatable bonds is 11. The molecule has 1 rings (SSSR count). The molecule has 0 aliphatic heterocycles. The summed E-state index contributed by atoms with van der Waals surface area (Å²) in [5.74, 6) is 0.117. The van der Waals surface area contributed by atoms with E-state index < -0.39 is 5.97 Å². The maximum Gasteiger partial charge on any atom is 0.303 e. The number of aliphatic carboxylic acids is 1. The summed E-state index contributed by atoms with van der Waals surface area (Å²) in [6, 6.07) is 7.98. The lowest BCUT2D eigenvalue weighted by molar-refractivity contribution is -0.137. The molecule has 0 aliphatic rings. The van der Waals surface area contributed by atoms with Crippen LogP contribution in [0.5, 0.6) is 5.75 Å². The quantitative estimate of drug-likeness (QED) is 0.628. The number of methoxy groups -OCH3 is 1. The summed E-state index contributed by atoms with van der Waals surface area (Å²) in [4.78, 5) is 12.9. The van der Waals surface area contributed by atoms with Crippen LogP contribution in [-0.2, 0) is 4.79 Å². The first-order valence-electron chi connectivity index (χ1n) is 7.78. The molecule has 4 nitrogen and oxygen atoms in total. The largest absolute Gasteiger partial charge is 0.497 e. The molecule has 4 heteroatoms. The van der Waals surface area contributed by atoms with Gasteiger partial charge in [0.05, 0.1) is 7.11 Å². The van der Waals surface area contributed by atoms with Gasteiger partial charge in [0.2, 0.25) is 0 Å². The molecule has 0 amide bonds. The molecule has 0 aliphatic carbocycles. The minimum Gasteiger partial charge on any atom is -0.497 e. The summed E-state index contributed by atoms with van der Waals surface area (Å²) < 4.78 is 5.18. The molecule has 0 heterocycles. The van der Waals surface area contributed by atoms with E-state index in [2.05, 4.69) is 11.8 Å². The van der Waals surface area contributed by atoms with Crippen molar-refractivity contribution >= 4 is 11.7 Å². The topological polar surface area (TPSA) is 49.8 Å². The highest BCUT2D eigenvalue weighted by Gasteiger charge is 2.08. The Morgan fingerprint density at radius 2 is 1.76 bits per heavy atom. The molecule has 1 N–H and O–H groups in total. The summed E-state index contributed by atoms with van der Waals surface area (Å²) in [5.41, 5.74) is 1.14. The van der Waals surface area contributed by atoms with Crippen LogP contribution in [0, 0.1) is 0 Å². The molecule has 0 unspecified atom stereocenters. The standard InChI is InChI=1S/C17H27NO3/c1-3-4-5-6-13-18(14-7-8-17(19)20)15-9-11-16(21-2)12-10-15/h9-12H,3-8,13-14H2,1-2H3,(H,19,20). The first-order valence-corrected chi connectivity index (χ1v) is 7.78. The number of carbonyl (C=O) groups is 1. The maximum absolute atomic E-state index is 10.7. The van der Waals surface area contributed by atoms with Crippen molar-refractivity contribution in [3.8, 4) is 5.75 Å². The lowest BCUT2D eigenvalue weighted by atomic mass is 10.1. The van der Waals surface area contributed by atoms with Crippen LogP contribution in [0.1, 0.15) is 45.4 Å². The van der Waals surface area contributed by atoms with Gasteiger partial charge in [0.1, 0.15) is 5.75 Å². The number of unbranched alkanes of at least 4 members (excludes halogenated alkanes) is 3. The fourth-order valence-corrected chi connectivity index (χ4v) is 2.31. The van der Waals surface area contributed by atoms with E-state index in [9.17, 15) is 4.79 Å². The van der Waals surface area contributed by atoms with Gasteiger partial charge in [-0.3, -0.25) is 4.79 Å². The van der Waals surface area contributed by atoms with Crippen LogP contribution < -0.4 is 9.64 Å². The van der Waals surface area contributed by atoms with Crippen molar-refractivity contribution in [2.75, 3.05) is 25.1 Å². The van der Waals surface area contributed by atoms with Crippen molar-refractivity contribution in [3.05, 3.63) is 24.3 Å². The molecular formula is C17H27NO3. The lowest BCUT2D eigenvalue weighted by Gasteiger charge is -2.25. The van der Waals surface area contributed by atoms with Gasteiger partial charge in [0.15, 0.2) is 0 Å². The molecule has 0 atom stereocenters. The van der Waals surface area contributed by atoms with E-state index in [-0.39, 0.29) is 6.42 Å². The normalized spacial score (nSPS) is 10.4. The molecular weight excluding hydrogens is 266 g/mol. The van der Waals surface area contributed by atoms with E-state index >= 15 is 0 Å². The first kappa shape index (κ1) is 17.3. The number of nitrogens with zero attached hydrogens (tertiary/aromatic N) is 1. The Morgan fingerprint density at radius 1 is 1.10 bits per heavy atom. The van der Waals surface area contributed by atoms with Crippen molar-refractivity contribution in [2.24, 2.45) is 0 Å². The number of hydrogen-bond donors (Lipinski definition) is 1. The molecule has 0 saturated heterocycles. The van der Waals surface area contributed by atoms with Crippen LogP contribution in [0.4, 0.5) is 5.69 Å². The second kappa shape index (κ2) is 10.1. The fraction of sp³-hybridized carbons (Fsp3) is 0.588. The molecule has 1 aromatic carbocycles. The van der Waals surface area contributed by atoms with Gasteiger partial charge in [0, 0.05) is 25.2 Å².